The molecule has 1 fully saturated rings. The van der Waals surface area contributed by atoms with Crippen LogP contribution in [0.2, 0.25) is 0 Å². The predicted molar refractivity (Wildman–Crippen MR) is 46.5 cm³/mol. The normalized spacial score (nSPS) is 27.8. The van der Waals surface area contributed by atoms with Gasteiger partial charge in [-0.05, 0) is 33.4 Å². The number of hydrogen-bond donors (Lipinski definition) is 1. The van der Waals surface area contributed by atoms with Gasteiger partial charge in [0.05, 0.1) is 5.60 Å². The van der Waals surface area contributed by atoms with E-state index >= 15 is 0 Å². The second-order valence-electron chi connectivity index (χ2n) is 4.03. The average molecular weight is 157 g/mol. The van der Waals surface area contributed by atoms with Gasteiger partial charge in [-0.3, -0.25) is 0 Å². The molecule has 0 radical (unpaired) electrons. The second-order valence-corrected chi connectivity index (χ2v) is 4.03. The summed E-state index contributed by atoms with van der Waals surface area (Å²) in [7, 11) is 0. The molecule has 66 valence electrons. The molecule has 1 unspecified atom stereocenters. The third-order valence-corrected chi connectivity index (χ3v) is 2.72. The van der Waals surface area contributed by atoms with Crippen molar-refractivity contribution < 1.29 is 5.11 Å². The Kier molecular flexibility index (Phi) is 2.55. The molecule has 1 aliphatic rings. The van der Waals surface area contributed by atoms with Gasteiger partial charge in [0.1, 0.15) is 0 Å². The number of rotatable bonds is 2. The SMILES string of the molecule is CCN1CCC(C(C)(C)O)C1. The molecule has 0 spiro atoms. The number of likely N-dealkylation sites (tertiary alicyclic amines) is 1. The highest BCUT2D eigenvalue weighted by atomic mass is 16.3. The van der Waals surface area contributed by atoms with Crippen molar-refractivity contribution in [2.24, 2.45) is 5.92 Å². The molecule has 2 heteroatoms. The van der Waals surface area contributed by atoms with Gasteiger partial charge in [-0.2, -0.15) is 0 Å². The van der Waals surface area contributed by atoms with Crippen molar-refractivity contribution >= 4 is 0 Å². The molecule has 1 N–H and O–H groups in total. The molecule has 0 aromatic rings. The third kappa shape index (κ3) is 2.17. The lowest BCUT2D eigenvalue weighted by Gasteiger charge is -2.25. The average Bonchev–Trinajstić information content (AvgIpc) is 2.32. The van der Waals surface area contributed by atoms with Gasteiger partial charge in [-0.25, -0.2) is 0 Å². The van der Waals surface area contributed by atoms with E-state index in [1.54, 1.807) is 0 Å². The van der Waals surface area contributed by atoms with Gasteiger partial charge in [0, 0.05) is 12.5 Å². The van der Waals surface area contributed by atoms with Crippen molar-refractivity contribution in [1.82, 2.24) is 4.90 Å². The summed E-state index contributed by atoms with van der Waals surface area (Å²) in [4.78, 5) is 2.39. The molecule has 0 amide bonds. The van der Waals surface area contributed by atoms with E-state index in [4.69, 9.17) is 0 Å². The summed E-state index contributed by atoms with van der Waals surface area (Å²) >= 11 is 0. The zero-order valence-corrected chi connectivity index (χ0v) is 7.80. The van der Waals surface area contributed by atoms with Crippen LogP contribution in [0.4, 0.5) is 0 Å². The Balaban J connectivity index is 2.42. The molecule has 1 aliphatic heterocycles. The summed E-state index contributed by atoms with van der Waals surface area (Å²) in [5.74, 6) is 0.474. The molecule has 0 aromatic heterocycles. The summed E-state index contributed by atoms with van der Waals surface area (Å²) in [5.41, 5.74) is -0.482. The van der Waals surface area contributed by atoms with Gasteiger partial charge >= 0.3 is 0 Å². The van der Waals surface area contributed by atoms with Crippen molar-refractivity contribution in [3.63, 3.8) is 0 Å². The largest absolute Gasteiger partial charge is 0.390 e. The Morgan fingerprint density at radius 2 is 2.18 bits per heavy atom. The van der Waals surface area contributed by atoms with Crippen LogP contribution >= 0.6 is 0 Å². The van der Waals surface area contributed by atoms with Crippen LogP contribution in [0.15, 0.2) is 0 Å². The van der Waals surface area contributed by atoms with E-state index in [9.17, 15) is 5.11 Å². The molecule has 11 heavy (non-hydrogen) atoms. The van der Waals surface area contributed by atoms with Crippen LogP contribution in [0.1, 0.15) is 27.2 Å². The van der Waals surface area contributed by atoms with Crippen LogP contribution in [0.3, 0.4) is 0 Å². The van der Waals surface area contributed by atoms with Crippen LogP contribution in [-0.2, 0) is 0 Å². The van der Waals surface area contributed by atoms with E-state index < -0.39 is 5.60 Å². The van der Waals surface area contributed by atoms with Crippen LogP contribution in [0.25, 0.3) is 0 Å². The van der Waals surface area contributed by atoms with Crippen molar-refractivity contribution in [2.45, 2.75) is 32.8 Å². The Labute approximate surface area is 69.2 Å². The smallest absolute Gasteiger partial charge is 0.0632 e. The van der Waals surface area contributed by atoms with Crippen molar-refractivity contribution in [1.29, 1.82) is 0 Å². The number of hydrogen-bond acceptors (Lipinski definition) is 2. The fourth-order valence-corrected chi connectivity index (χ4v) is 1.70. The minimum absolute atomic E-state index is 0.474. The molecule has 0 aromatic carbocycles. The third-order valence-electron chi connectivity index (χ3n) is 2.72. The summed E-state index contributed by atoms with van der Waals surface area (Å²) in [6.07, 6.45) is 1.15. The summed E-state index contributed by atoms with van der Waals surface area (Å²) < 4.78 is 0. The molecule has 1 atom stereocenters. The second kappa shape index (κ2) is 3.11. The zero-order valence-electron chi connectivity index (χ0n) is 7.80. The van der Waals surface area contributed by atoms with Gasteiger partial charge in [-0.1, -0.05) is 6.92 Å². The molecule has 2 nitrogen and oxygen atoms in total. The summed E-state index contributed by atoms with van der Waals surface area (Å²) in [5, 5.41) is 9.70. The first-order valence-electron chi connectivity index (χ1n) is 4.48. The van der Waals surface area contributed by atoms with Gasteiger partial charge in [0.25, 0.3) is 0 Å². The topological polar surface area (TPSA) is 23.5 Å². The van der Waals surface area contributed by atoms with E-state index in [0.29, 0.717) is 5.92 Å². The van der Waals surface area contributed by atoms with Crippen LogP contribution < -0.4 is 0 Å². The van der Waals surface area contributed by atoms with Crippen molar-refractivity contribution in [3.8, 4) is 0 Å². The standard InChI is InChI=1S/C9H19NO/c1-4-10-6-5-8(7-10)9(2,3)11/h8,11H,4-7H2,1-3H3. The first-order valence-corrected chi connectivity index (χ1v) is 4.48. The molecular weight excluding hydrogens is 138 g/mol. The Hall–Kier alpha value is -0.0800. The van der Waals surface area contributed by atoms with Crippen LogP contribution in [-0.4, -0.2) is 35.2 Å². The lowest BCUT2D eigenvalue weighted by Crippen LogP contribution is -2.33. The molecule has 1 rings (SSSR count). The van der Waals surface area contributed by atoms with Crippen LogP contribution in [0, 0.1) is 5.92 Å². The maximum atomic E-state index is 9.70. The van der Waals surface area contributed by atoms with E-state index in [2.05, 4.69) is 11.8 Å². The fourth-order valence-electron chi connectivity index (χ4n) is 1.70. The Morgan fingerprint density at radius 3 is 2.45 bits per heavy atom. The van der Waals surface area contributed by atoms with Gasteiger partial charge in [0.2, 0.25) is 0 Å². The van der Waals surface area contributed by atoms with Crippen molar-refractivity contribution in [3.05, 3.63) is 0 Å². The van der Waals surface area contributed by atoms with Gasteiger partial charge in [-0.15, -0.1) is 0 Å². The molecule has 0 bridgehead atoms. The molecule has 1 heterocycles. The summed E-state index contributed by atoms with van der Waals surface area (Å²) in [6, 6.07) is 0. The van der Waals surface area contributed by atoms with E-state index in [1.807, 2.05) is 13.8 Å². The maximum absolute atomic E-state index is 9.70. The minimum Gasteiger partial charge on any atom is -0.390 e. The van der Waals surface area contributed by atoms with E-state index in [-0.39, 0.29) is 0 Å². The fraction of sp³-hybridized carbons (Fsp3) is 1.00. The zero-order chi connectivity index (χ0) is 8.48. The first-order chi connectivity index (χ1) is 5.04. The van der Waals surface area contributed by atoms with E-state index in [1.165, 1.54) is 0 Å². The van der Waals surface area contributed by atoms with Gasteiger partial charge in [0.15, 0.2) is 0 Å². The quantitative estimate of drug-likeness (QED) is 0.649. The monoisotopic (exact) mass is 157 g/mol. The number of aliphatic hydroxyl groups is 1. The summed E-state index contributed by atoms with van der Waals surface area (Å²) in [6.45, 7) is 9.35. The van der Waals surface area contributed by atoms with Crippen molar-refractivity contribution in [2.75, 3.05) is 19.6 Å². The Morgan fingerprint density at radius 1 is 1.55 bits per heavy atom. The maximum Gasteiger partial charge on any atom is 0.0632 e. The van der Waals surface area contributed by atoms with Crippen LogP contribution in [0.5, 0.6) is 0 Å². The highest BCUT2D eigenvalue weighted by Gasteiger charge is 2.32. The lowest BCUT2D eigenvalue weighted by molar-refractivity contribution is 0.0213. The predicted octanol–water partition coefficient (Wildman–Crippen LogP) is 1.10. The molecular formula is C9H19NO. The highest BCUT2D eigenvalue weighted by Crippen LogP contribution is 2.26. The first kappa shape index (κ1) is 9.01. The van der Waals surface area contributed by atoms with E-state index in [0.717, 1.165) is 26.1 Å². The molecule has 0 aliphatic carbocycles. The lowest BCUT2D eigenvalue weighted by atomic mass is 9.90. The number of nitrogens with zero attached hydrogens (tertiary/aromatic N) is 1. The molecule has 1 saturated heterocycles. The Bertz CT molecular complexity index is 128. The minimum atomic E-state index is -0.482. The van der Waals surface area contributed by atoms with Gasteiger partial charge < -0.3 is 10.0 Å². The highest BCUT2D eigenvalue weighted by molar-refractivity contribution is 4.85. The molecule has 0 saturated carbocycles.